The monoisotopic (exact) mass is 283 g/mol. The van der Waals surface area contributed by atoms with Gasteiger partial charge >= 0.3 is 0 Å². The van der Waals surface area contributed by atoms with Crippen molar-refractivity contribution in [2.24, 2.45) is 5.73 Å². The molecule has 4 nitrogen and oxygen atoms in total. The van der Waals surface area contributed by atoms with Gasteiger partial charge in [-0.1, -0.05) is 25.4 Å². The Morgan fingerprint density at radius 2 is 2.11 bits per heavy atom. The Morgan fingerprint density at radius 1 is 1.42 bits per heavy atom. The molecule has 0 aromatic heterocycles. The van der Waals surface area contributed by atoms with Crippen LogP contribution in [0.4, 0.5) is 0 Å². The predicted molar refractivity (Wildman–Crippen MR) is 74.5 cm³/mol. The number of nitrogens with two attached hydrogens (primary N) is 1. The lowest BCUT2D eigenvalue weighted by molar-refractivity contribution is 0.0999. The van der Waals surface area contributed by atoms with Crippen LogP contribution in [0.15, 0.2) is 6.07 Å². The maximum Gasteiger partial charge on any atom is 0.178 e. The van der Waals surface area contributed by atoms with Crippen LogP contribution in [0.5, 0.6) is 11.5 Å². The predicted octanol–water partition coefficient (Wildman–Crippen LogP) is 2.77. The van der Waals surface area contributed by atoms with Crippen LogP contribution in [-0.4, -0.2) is 25.5 Å². The van der Waals surface area contributed by atoms with Crippen molar-refractivity contribution in [3.8, 4) is 11.5 Å². The Balaban J connectivity index is 2.67. The van der Waals surface area contributed by atoms with Crippen molar-refractivity contribution in [1.29, 1.82) is 0 Å². The number of carbonyl (C=O) groups excluding carboxylic acids is 1. The molecule has 5 heteroatoms. The molecule has 0 spiro atoms. The second kappa shape index (κ2) is 5.80. The molecule has 1 aromatic rings. The number of benzene rings is 1. The molecular weight excluding hydrogens is 266 g/mol. The summed E-state index contributed by atoms with van der Waals surface area (Å²) in [6.45, 7) is 5.08. The van der Waals surface area contributed by atoms with E-state index in [0.717, 1.165) is 12.0 Å². The topological polar surface area (TPSA) is 61.6 Å². The lowest BCUT2D eigenvalue weighted by Crippen LogP contribution is -2.17. The van der Waals surface area contributed by atoms with Crippen LogP contribution < -0.4 is 15.2 Å². The van der Waals surface area contributed by atoms with Gasteiger partial charge < -0.3 is 15.2 Å². The van der Waals surface area contributed by atoms with E-state index < -0.39 is 0 Å². The molecule has 0 saturated heterocycles. The van der Waals surface area contributed by atoms with E-state index in [9.17, 15) is 4.79 Å². The van der Waals surface area contributed by atoms with Crippen molar-refractivity contribution in [2.75, 3.05) is 19.8 Å². The first-order valence-corrected chi connectivity index (χ1v) is 6.79. The lowest BCUT2D eigenvalue weighted by atomic mass is 9.93. The van der Waals surface area contributed by atoms with E-state index in [-0.39, 0.29) is 18.2 Å². The van der Waals surface area contributed by atoms with Crippen LogP contribution in [-0.2, 0) is 0 Å². The molecule has 0 amide bonds. The number of fused-ring (bicyclic) bond motifs is 1. The molecule has 2 N–H and O–H groups in total. The largest absolute Gasteiger partial charge is 0.489 e. The molecule has 0 unspecified atom stereocenters. The van der Waals surface area contributed by atoms with E-state index in [0.29, 0.717) is 35.3 Å². The van der Waals surface area contributed by atoms with Gasteiger partial charge in [0.2, 0.25) is 0 Å². The Morgan fingerprint density at radius 3 is 2.74 bits per heavy atom. The molecule has 0 aliphatic carbocycles. The zero-order valence-electron chi connectivity index (χ0n) is 11.2. The second-order valence-electron chi connectivity index (χ2n) is 4.81. The molecular formula is C14H18ClNO3. The van der Waals surface area contributed by atoms with Crippen LogP contribution in [0.3, 0.4) is 0 Å². The summed E-state index contributed by atoms with van der Waals surface area (Å²) in [5.41, 5.74) is 6.72. The smallest absolute Gasteiger partial charge is 0.178 e. The normalized spacial score (nSPS) is 14.4. The summed E-state index contributed by atoms with van der Waals surface area (Å²) in [6.07, 6.45) is 0.810. The Hall–Kier alpha value is -1.26. The van der Waals surface area contributed by atoms with Gasteiger partial charge in [0.1, 0.15) is 0 Å². The van der Waals surface area contributed by atoms with E-state index >= 15 is 0 Å². The molecule has 1 aromatic carbocycles. The van der Waals surface area contributed by atoms with Gasteiger partial charge in [-0.05, 0) is 5.92 Å². The highest BCUT2D eigenvalue weighted by Crippen LogP contribution is 2.43. The Bertz CT molecular complexity index is 500. The Labute approximate surface area is 117 Å². The molecule has 0 atom stereocenters. The van der Waals surface area contributed by atoms with Crippen LogP contribution in [0.2, 0.25) is 5.02 Å². The highest BCUT2D eigenvalue weighted by atomic mass is 35.5. The molecule has 0 bridgehead atoms. The van der Waals surface area contributed by atoms with E-state index in [4.69, 9.17) is 26.8 Å². The summed E-state index contributed by atoms with van der Waals surface area (Å²) in [5.74, 6) is 1.16. The first-order chi connectivity index (χ1) is 9.06. The van der Waals surface area contributed by atoms with Crippen molar-refractivity contribution >= 4 is 17.4 Å². The van der Waals surface area contributed by atoms with Gasteiger partial charge in [-0.25, -0.2) is 0 Å². The molecule has 1 heterocycles. The number of rotatable bonds is 3. The number of carbonyl (C=O) groups is 1. The number of hydrogen-bond donors (Lipinski definition) is 1. The summed E-state index contributed by atoms with van der Waals surface area (Å²) < 4.78 is 11.4. The van der Waals surface area contributed by atoms with E-state index in [1.807, 2.05) is 13.8 Å². The molecule has 0 radical (unpaired) electrons. The quantitative estimate of drug-likeness (QED) is 0.867. The number of hydrogen-bond acceptors (Lipinski definition) is 4. The first kappa shape index (κ1) is 14.2. The molecule has 19 heavy (non-hydrogen) atoms. The number of Topliss-reactive ketones (excluding diaryl/α,β-unsaturated/α-hetero) is 1. The summed E-state index contributed by atoms with van der Waals surface area (Å²) in [5, 5.41) is 0.378. The maximum atomic E-state index is 12.0. The first-order valence-electron chi connectivity index (χ1n) is 6.41. The lowest BCUT2D eigenvalue weighted by Gasteiger charge is -2.19. The fraction of sp³-hybridized carbons (Fsp3) is 0.500. The Kier molecular flexibility index (Phi) is 4.32. The van der Waals surface area contributed by atoms with Gasteiger partial charge in [0, 0.05) is 23.6 Å². The second-order valence-corrected chi connectivity index (χ2v) is 5.21. The fourth-order valence-electron chi connectivity index (χ4n) is 2.24. The third-order valence-electron chi connectivity index (χ3n) is 3.07. The van der Waals surface area contributed by atoms with Crippen LogP contribution in [0, 0.1) is 0 Å². The van der Waals surface area contributed by atoms with E-state index in [1.165, 1.54) is 0 Å². The fourth-order valence-corrected chi connectivity index (χ4v) is 2.54. The zero-order chi connectivity index (χ0) is 14.0. The molecule has 1 aliphatic heterocycles. The summed E-state index contributed by atoms with van der Waals surface area (Å²) in [7, 11) is 0. The summed E-state index contributed by atoms with van der Waals surface area (Å²) in [4.78, 5) is 12.0. The third-order valence-corrected chi connectivity index (χ3v) is 3.37. The number of halogens is 1. The van der Waals surface area contributed by atoms with Crippen molar-refractivity contribution in [2.45, 2.75) is 26.2 Å². The van der Waals surface area contributed by atoms with Crippen molar-refractivity contribution in [3.05, 3.63) is 22.2 Å². The van der Waals surface area contributed by atoms with Crippen LogP contribution in [0.1, 0.15) is 42.1 Å². The van der Waals surface area contributed by atoms with Crippen molar-refractivity contribution in [3.63, 3.8) is 0 Å². The molecule has 2 rings (SSSR count). The SMILES string of the molecule is CC(C)c1c2c(cc(Cl)c1C(=O)CN)OCCCO2. The summed E-state index contributed by atoms with van der Waals surface area (Å²) >= 11 is 6.23. The molecule has 0 saturated carbocycles. The van der Waals surface area contributed by atoms with E-state index in [2.05, 4.69) is 0 Å². The highest BCUT2D eigenvalue weighted by Gasteiger charge is 2.26. The van der Waals surface area contributed by atoms with Gasteiger partial charge in [0.25, 0.3) is 0 Å². The van der Waals surface area contributed by atoms with E-state index in [1.54, 1.807) is 6.07 Å². The minimum absolute atomic E-state index is 0.0704. The molecule has 104 valence electrons. The molecule has 0 fully saturated rings. The third kappa shape index (κ3) is 2.69. The van der Waals surface area contributed by atoms with Crippen LogP contribution in [0.25, 0.3) is 0 Å². The minimum Gasteiger partial charge on any atom is -0.489 e. The van der Waals surface area contributed by atoms with Gasteiger partial charge in [-0.3, -0.25) is 4.79 Å². The van der Waals surface area contributed by atoms with Gasteiger partial charge in [0.15, 0.2) is 17.3 Å². The maximum absolute atomic E-state index is 12.0. The molecule has 1 aliphatic rings. The minimum atomic E-state index is -0.177. The number of ether oxygens (including phenoxy) is 2. The zero-order valence-corrected chi connectivity index (χ0v) is 11.9. The average Bonchev–Trinajstić information content (AvgIpc) is 2.60. The van der Waals surface area contributed by atoms with Crippen molar-refractivity contribution in [1.82, 2.24) is 0 Å². The van der Waals surface area contributed by atoms with Crippen LogP contribution >= 0.6 is 11.6 Å². The van der Waals surface area contributed by atoms with Gasteiger partial charge in [-0.15, -0.1) is 0 Å². The van der Waals surface area contributed by atoms with Gasteiger partial charge in [-0.2, -0.15) is 0 Å². The standard InChI is InChI=1S/C14H18ClNO3/c1-8(2)12-13(10(17)7-16)9(15)6-11-14(12)19-5-3-4-18-11/h6,8H,3-5,7,16H2,1-2H3. The van der Waals surface area contributed by atoms with Gasteiger partial charge in [0.05, 0.1) is 24.8 Å². The highest BCUT2D eigenvalue weighted by molar-refractivity contribution is 6.34. The van der Waals surface area contributed by atoms with Crippen molar-refractivity contribution < 1.29 is 14.3 Å². The number of ketones is 1. The average molecular weight is 284 g/mol. The summed E-state index contributed by atoms with van der Waals surface area (Å²) in [6, 6.07) is 1.65.